The zero-order chi connectivity index (χ0) is 18.8. The van der Waals surface area contributed by atoms with Gasteiger partial charge in [-0.1, -0.05) is 5.16 Å². The second-order valence-corrected chi connectivity index (χ2v) is 7.51. The fourth-order valence-electron chi connectivity index (χ4n) is 3.39. The van der Waals surface area contributed by atoms with Gasteiger partial charge in [0.2, 0.25) is 0 Å². The number of rotatable bonds is 5. The Labute approximate surface area is 157 Å². The molecule has 4 N–H and O–H groups in total. The standard InChI is InChI=1S/C20H24N4O3/c21-14-5-9-16(10-6-14)22-19(25)13-3-7-15(8-4-13)23-20(26)17-11-18(27-24-17)12-1-2-12/h3-4,7-8,11-12,14,16H,1-2,5-6,9-10,21H2,(H,22,25)(H,23,26). The number of benzene rings is 1. The minimum absolute atomic E-state index is 0.0982. The van der Waals surface area contributed by atoms with Crippen molar-refractivity contribution in [1.82, 2.24) is 10.5 Å². The highest BCUT2D eigenvalue weighted by molar-refractivity contribution is 6.03. The third-order valence-corrected chi connectivity index (χ3v) is 5.25. The van der Waals surface area contributed by atoms with Crippen LogP contribution in [0.2, 0.25) is 0 Å². The molecule has 2 aliphatic rings. The van der Waals surface area contributed by atoms with Crippen molar-refractivity contribution in [3.8, 4) is 0 Å². The second-order valence-electron chi connectivity index (χ2n) is 7.51. The molecule has 2 aromatic rings. The van der Waals surface area contributed by atoms with E-state index in [4.69, 9.17) is 10.3 Å². The van der Waals surface area contributed by atoms with Crippen LogP contribution < -0.4 is 16.4 Å². The van der Waals surface area contributed by atoms with Gasteiger partial charge in [-0.15, -0.1) is 0 Å². The summed E-state index contributed by atoms with van der Waals surface area (Å²) in [4.78, 5) is 24.6. The van der Waals surface area contributed by atoms with E-state index in [0.29, 0.717) is 17.2 Å². The van der Waals surface area contributed by atoms with Crippen molar-refractivity contribution in [1.29, 1.82) is 0 Å². The molecule has 0 spiro atoms. The third kappa shape index (κ3) is 4.36. The van der Waals surface area contributed by atoms with E-state index in [0.717, 1.165) is 44.3 Å². The number of nitrogens with two attached hydrogens (primary N) is 1. The summed E-state index contributed by atoms with van der Waals surface area (Å²) in [5.74, 6) is 0.771. The van der Waals surface area contributed by atoms with Crippen LogP contribution in [-0.4, -0.2) is 29.1 Å². The highest BCUT2D eigenvalue weighted by Gasteiger charge is 2.29. The molecular formula is C20H24N4O3. The second kappa shape index (κ2) is 7.52. The maximum atomic E-state index is 12.4. The molecule has 27 heavy (non-hydrogen) atoms. The zero-order valence-corrected chi connectivity index (χ0v) is 15.1. The molecule has 2 amide bonds. The molecule has 142 valence electrons. The van der Waals surface area contributed by atoms with E-state index in [1.54, 1.807) is 30.3 Å². The first kappa shape index (κ1) is 17.7. The summed E-state index contributed by atoms with van der Waals surface area (Å²) < 4.78 is 5.21. The minimum Gasteiger partial charge on any atom is -0.360 e. The number of aromatic nitrogens is 1. The van der Waals surface area contributed by atoms with E-state index in [1.165, 1.54) is 0 Å². The summed E-state index contributed by atoms with van der Waals surface area (Å²) in [6, 6.07) is 8.98. The van der Waals surface area contributed by atoms with Gasteiger partial charge in [0, 0.05) is 35.3 Å². The van der Waals surface area contributed by atoms with E-state index < -0.39 is 0 Å². The van der Waals surface area contributed by atoms with E-state index in [2.05, 4.69) is 15.8 Å². The van der Waals surface area contributed by atoms with Crippen LogP contribution in [0.15, 0.2) is 34.9 Å². The first-order valence-corrected chi connectivity index (χ1v) is 9.53. The fourth-order valence-corrected chi connectivity index (χ4v) is 3.39. The van der Waals surface area contributed by atoms with Gasteiger partial charge >= 0.3 is 0 Å². The van der Waals surface area contributed by atoms with Crippen molar-refractivity contribution in [3.63, 3.8) is 0 Å². The Kier molecular flexibility index (Phi) is 4.94. The van der Waals surface area contributed by atoms with Crippen molar-refractivity contribution >= 4 is 17.5 Å². The molecule has 4 rings (SSSR count). The molecule has 0 aliphatic heterocycles. The van der Waals surface area contributed by atoms with Gasteiger partial charge in [0.15, 0.2) is 5.69 Å². The molecule has 2 saturated carbocycles. The molecule has 0 bridgehead atoms. The molecule has 7 nitrogen and oxygen atoms in total. The van der Waals surface area contributed by atoms with Crippen molar-refractivity contribution in [2.24, 2.45) is 5.73 Å². The summed E-state index contributed by atoms with van der Waals surface area (Å²) >= 11 is 0. The monoisotopic (exact) mass is 368 g/mol. The van der Waals surface area contributed by atoms with Crippen LogP contribution >= 0.6 is 0 Å². The third-order valence-electron chi connectivity index (χ3n) is 5.25. The molecule has 2 fully saturated rings. The summed E-state index contributed by atoms with van der Waals surface area (Å²) in [6.45, 7) is 0. The average Bonchev–Trinajstić information content (AvgIpc) is 3.40. The molecule has 0 unspecified atom stereocenters. The minimum atomic E-state index is -0.318. The number of carbonyl (C=O) groups excluding carboxylic acids is 2. The van der Waals surface area contributed by atoms with E-state index >= 15 is 0 Å². The number of anilines is 1. The summed E-state index contributed by atoms with van der Waals surface area (Å²) in [6.07, 6.45) is 5.91. The Morgan fingerprint density at radius 1 is 1.00 bits per heavy atom. The number of nitrogens with one attached hydrogen (secondary N) is 2. The molecule has 2 aliphatic carbocycles. The average molecular weight is 368 g/mol. The van der Waals surface area contributed by atoms with Crippen LogP contribution in [0.1, 0.15) is 71.0 Å². The number of hydrogen-bond donors (Lipinski definition) is 3. The highest BCUT2D eigenvalue weighted by atomic mass is 16.5. The van der Waals surface area contributed by atoms with E-state index in [1.807, 2.05) is 0 Å². The van der Waals surface area contributed by atoms with Crippen LogP contribution in [0.5, 0.6) is 0 Å². The zero-order valence-electron chi connectivity index (χ0n) is 15.1. The lowest BCUT2D eigenvalue weighted by Crippen LogP contribution is -2.40. The largest absolute Gasteiger partial charge is 0.360 e. The number of amides is 2. The first-order valence-electron chi connectivity index (χ1n) is 9.53. The van der Waals surface area contributed by atoms with Crippen LogP contribution in [0.4, 0.5) is 5.69 Å². The van der Waals surface area contributed by atoms with Crippen molar-refractivity contribution in [3.05, 3.63) is 47.3 Å². The Morgan fingerprint density at radius 3 is 2.37 bits per heavy atom. The molecule has 7 heteroatoms. The topological polar surface area (TPSA) is 110 Å². The van der Waals surface area contributed by atoms with Gasteiger partial charge in [-0.25, -0.2) is 0 Å². The van der Waals surface area contributed by atoms with Crippen LogP contribution in [0.25, 0.3) is 0 Å². The molecule has 0 saturated heterocycles. The van der Waals surface area contributed by atoms with E-state index in [9.17, 15) is 9.59 Å². The molecule has 1 heterocycles. The SMILES string of the molecule is NC1CCC(NC(=O)c2ccc(NC(=O)c3cc(C4CC4)on3)cc2)CC1. The predicted molar refractivity (Wildman–Crippen MR) is 101 cm³/mol. The van der Waals surface area contributed by atoms with Gasteiger partial charge in [0.25, 0.3) is 11.8 Å². The van der Waals surface area contributed by atoms with Crippen molar-refractivity contribution < 1.29 is 14.1 Å². The van der Waals surface area contributed by atoms with Gasteiger partial charge in [-0.3, -0.25) is 9.59 Å². The van der Waals surface area contributed by atoms with Crippen LogP contribution in [0, 0.1) is 0 Å². The lowest BCUT2D eigenvalue weighted by atomic mass is 9.91. The maximum Gasteiger partial charge on any atom is 0.277 e. The van der Waals surface area contributed by atoms with Crippen molar-refractivity contribution in [2.75, 3.05) is 5.32 Å². The van der Waals surface area contributed by atoms with E-state index in [-0.39, 0.29) is 29.6 Å². The maximum absolute atomic E-state index is 12.4. The van der Waals surface area contributed by atoms with Gasteiger partial charge in [-0.05, 0) is 62.8 Å². The number of carbonyl (C=O) groups is 2. The normalized spacial score (nSPS) is 22.3. The molecular weight excluding hydrogens is 344 g/mol. The lowest BCUT2D eigenvalue weighted by Gasteiger charge is -2.26. The summed E-state index contributed by atoms with van der Waals surface area (Å²) in [5, 5.41) is 9.66. The number of nitrogens with zero attached hydrogens (tertiary/aromatic N) is 1. The molecule has 0 atom stereocenters. The summed E-state index contributed by atoms with van der Waals surface area (Å²) in [7, 11) is 0. The lowest BCUT2D eigenvalue weighted by molar-refractivity contribution is 0.0925. The molecule has 1 aromatic carbocycles. The Hall–Kier alpha value is -2.67. The molecule has 0 radical (unpaired) electrons. The first-order chi connectivity index (χ1) is 13.1. The van der Waals surface area contributed by atoms with Crippen LogP contribution in [0.3, 0.4) is 0 Å². The van der Waals surface area contributed by atoms with Crippen molar-refractivity contribution in [2.45, 2.75) is 56.5 Å². The highest BCUT2D eigenvalue weighted by Crippen LogP contribution is 2.40. The van der Waals surface area contributed by atoms with Gasteiger partial charge in [0.1, 0.15) is 5.76 Å². The van der Waals surface area contributed by atoms with Gasteiger partial charge in [0.05, 0.1) is 0 Å². The summed E-state index contributed by atoms with van der Waals surface area (Å²) in [5.41, 5.74) is 7.35. The Bertz CT molecular complexity index is 818. The Balaban J connectivity index is 1.32. The fraction of sp³-hybridized carbons (Fsp3) is 0.450. The van der Waals surface area contributed by atoms with Crippen LogP contribution in [-0.2, 0) is 0 Å². The van der Waals surface area contributed by atoms with Gasteiger partial charge < -0.3 is 20.9 Å². The predicted octanol–water partition coefficient (Wildman–Crippen LogP) is 2.80. The quantitative estimate of drug-likeness (QED) is 0.752. The molecule has 1 aromatic heterocycles. The Morgan fingerprint density at radius 2 is 1.70 bits per heavy atom. The number of hydrogen-bond acceptors (Lipinski definition) is 5. The van der Waals surface area contributed by atoms with Gasteiger partial charge in [-0.2, -0.15) is 0 Å². The smallest absolute Gasteiger partial charge is 0.277 e.